The lowest BCUT2D eigenvalue weighted by Gasteiger charge is -2.34. The first kappa shape index (κ1) is 19.6. The van der Waals surface area contributed by atoms with Crippen molar-refractivity contribution in [3.8, 4) is 5.75 Å². The zero-order valence-corrected chi connectivity index (χ0v) is 17.3. The normalized spacial score (nSPS) is 18.2. The Labute approximate surface area is 172 Å². The molecule has 0 saturated carbocycles. The first-order valence-electron chi connectivity index (χ1n) is 10.4. The molecular weight excluding hydrogens is 372 g/mol. The minimum atomic E-state index is -0.441. The molecule has 1 aliphatic heterocycles. The smallest absolute Gasteiger partial charge is 0.137 e. The van der Waals surface area contributed by atoms with Crippen LogP contribution in [0.15, 0.2) is 36.4 Å². The molecule has 2 aromatic carbocycles. The lowest BCUT2D eigenvalue weighted by molar-refractivity contribution is -0.903. The lowest BCUT2D eigenvalue weighted by atomic mass is 10.1. The van der Waals surface area contributed by atoms with Crippen LogP contribution >= 0.6 is 11.6 Å². The number of halogens is 1. The third-order valence-corrected chi connectivity index (χ3v) is 6.43. The van der Waals surface area contributed by atoms with Crippen molar-refractivity contribution in [3.63, 3.8) is 0 Å². The van der Waals surface area contributed by atoms with Gasteiger partial charge in [0.1, 0.15) is 25.0 Å². The summed E-state index contributed by atoms with van der Waals surface area (Å²) in [4.78, 5) is 3.81. The van der Waals surface area contributed by atoms with Crippen LogP contribution < -0.4 is 14.5 Å². The topological polar surface area (TPSA) is 37.1 Å². The molecule has 1 fully saturated rings. The Balaban J connectivity index is 1.22. The molecule has 1 saturated heterocycles. The number of benzene rings is 2. The molecule has 1 heterocycles. The molecule has 0 spiro atoms. The SMILES string of the molecule is Cc1ccc(N2CC[NH+](C[C@@H](O)COc3ccc4c(c3)CCC4)CC2)cc1Cl. The molecular formula is C23H30ClN2O2+. The molecule has 0 amide bonds. The van der Waals surface area contributed by atoms with Crippen LogP contribution in [-0.2, 0) is 12.8 Å². The first-order chi connectivity index (χ1) is 13.6. The van der Waals surface area contributed by atoms with Gasteiger partial charge in [-0.15, -0.1) is 0 Å². The molecule has 0 radical (unpaired) electrons. The van der Waals surface area contributed by atoms with Gasteiger partial charge in [-0.2, -0.15) is 0 Å². The summed E-state index contributed by atoms with van der Waals surface area (Å²) < 4.78 is 5.86. The number of piperazine rings is 1. The summed E-state index contributed by atoms with van der Waals surface area (Å²) in [5.41, 5.74) is 5.16. The molecule has 4 rings (SSSR count). The number of hydrogen-bond donors (Lipinski definition) is 2. The summed E-state index contributed by atoms with van der Waals surface area (Å²) in [7, 11) is 0. The molecule has 150 valence electrons. The van der Waals surface area contributed by atoms with Crippen molar-refractivity contribution in [2.75, 3.05) is 44.2 Å². The van der Waals surface area contributed by atoms with E-state index in [2.05, 4.69) is 35.2 Å². The number of nitrogens with one attached hydrogen (secondary N) is 1. The van der Waals surface area contributed by atoms with Crippen LogP contribution in [0.4, 0.5) is 5.69 Å². The average molecular weight is 402 g/mol. The lowest BCUT2D eigenvalue weighted by Crippen LogP contribution is -3.16. The van der Waals surface area contributed by atoms with Crippen LogP contribution in [0.2, 0.25) is 5.02 Å². The summed E-state index contributed by atoms with van der Waals surface area (Å²) in [6.07, 6.45) is 3.13. The van der Waals surface area contributed by atoms with Crippen LogP contribution in [0, 0.1) is 6.92 Å². The van der Waals surface area contributed by atoms with Gasteiger partial charge in [0, 0.05) is 10.7 Å². The summed E-state index contributed by atoms with van der Waals surface area (Å²) in [6, 6.07) is 12.6. The first-order valence-corrected chi connectivity index (χ1v) is 10.7. The number of aliphatic hydroxyl groups is 1. The molecule has 2 aromatic rings. The van der Waals surface area contributed by atoms with E-state index in [0.29, 0.717) is 6.61 Å². The predicted octanol–water partition coefficient (Wildman–Crippen LogP) is 2.28. The van der Waals surface area contributed by atoms with Gasteiger partial charge in [0.2, 0.25) is 0 Å². The van der Waals surface area contributed by atoms with Crippen molar-refractivity contribution in [1.82, 2.24) is 0 Å². The molecule has 2 aliphatic rings. The Bertz CT molecular complexity index is 818. The van der Waals surface area contributed by atoms with Crippen LogP contribution in [0.25, 0.3) is 0 Å². The summed E-state index contributed by atoms with van der Waals surface area (Å²) in [6.45, 7) is 7.11. The van der Waals surface area contributed by atoms with Crippen LogP contribution in [0.3, 0.4) is 0 Å². The van der Waals surface area contributed by atoms with Crippen LogP contribution in [-0.4, -0.2) is 50.5 Å². The van der Waals surface area contributed by atoms with Gasteiger partial charge in [-0.1, -0.05) is 23.7 Å². The van der Waals surface area contributed by atoms with Gasteiger partial charge in [-0.25, -0.2) is 0 Å². The highest BCUT2D eigenvalue weighted by Crippen LogP contribution is 2.26. The Morgan fingerprint density at radius 2 is 1.89 bits per heavy atom. The number of nitrogens with zero attached hydrogens (tertiary/aromatic N) is 1. The summed E-state index contributed by atoms with van der Waals surface area (Å²) in [5.74, 6) is 0.885. The van der Waals surface area contributed by atoms with Crippen molar-refractivity contribution in [3.05, 3.63) is 58.1 Å². The quantitative estimate of drug-likeness (QED) is 0.779. The standard InChI is InChI=1S/C23H29ClN2O2/c1-17-5-7-20(14-23(17)24)26-11-9-25(10-12-26)15-21(27)16-28-22-8-6-18-3-2-4-19(18)13-22/h5-8,13-14,21,27H,2-4,9-12,15-16H2,1H3/p+1/t21-/m1/s1. The second-order valence-corrected chi connectivity index (χ2v) is 8.53. The van der Waals surface area contributed by atoms with Crippen LogP contribution in [0.5, 0.6) is 5.75 Å². The molecule has 0 bridgehead atoms. The highest BCUT2D eigenvalue weighted by atomic mass is 35.5. The van der Waals surface area contributed by atoms with E-state index in [4.69, 9.17) is 16.3 Å². The van der Waals surface area contributed by atoms with E-state index < -0.39 is 6.10 Å². The second kappa shape index (κ2) is 8.73. The van der Waals surface area contributed by atoms with Crippen LogP contribution in [0.1, 0.15) is 23.1 Å². The molecule has 5 heteroatoms. The zero-order chi connectivity index (χ0) is 19.5. The average Bonchev–Trinajstić information content (AvgIpc) is 3.17. The number of fused-ring (bicyclic) bond motifs is 1. The van der Waals surface area contributed by atoms with Gasteiger partial charge in [-0.3, -0.25) is 0 Å². The highest BCUT2D eigenvalue weighted by molar-refractivity contribution is 6.31. The van der Waals surface area contributed by atoms with E-state index in [1.54, 1.807) is 0 Å². The van der Waals surface area contributed by atoms with Crippen molar-refractivity contribution in [1.29, 1.82) is 0 Å². The Hall–Kier alpha value is -1.75. The maximum absolute atomic E-state index is 10.4. The van der Waals surface area contributed by atoms with Gasteiger partial charge in [0.15, 0.2) is 0 Å². The molecule has 0 aromatic heterocycles. The number of hydrogen-bond acceptors (Lipinski definition) is 3. The number of quaternary nitrogens is 1. The maximum Gasteiger partial charge on any atom is 0.137 e. The summed E-state index contributed by atoms with van der Waals surface area (Å²) >= 11 is 6.27. The Morgan fingerprint density at radius 3 is 2.68 bits per heavy atom. The van der Waals surface area contributed by atoms with E-state index in [1.807, 2.05) is 13.0 Å². The number of anilines is 1. The van der Waals surface area contributed by atoms with E-state index in [1.165, 1.54) is 34.6 Å². The van der Waals surface area contributed by atoms with Gasteiger partial charge in [0.25, 0.3) is 0 Å². The second-order valence-electron chi connectivity index (χ2n) is 8.12. The molecule has 2 N–H and O–H groups in total. The fraction of sp³-hybridized carbons (Fsp3) is 0.478. The van der Waals surface area contributed by atoms with Crippen molar-refractivity contribution >= 4 is 17.3 Å². The highest BCUT2D eigenvalue weighted by Gasteiger charge is 2.23. The third-order valence-electron chi connectivity index (χ3n) is 6.03. The Kier molecular flexibility index (Phi) is 6.10. The van der Waals surface area contributed by atoms with E-state index in [0.717, 1.165) is 55.5 Å². The third kappa shape index (κ3) is 4.62. The largest absolute Gasteiger partial charge is 0.491 e. The fourth-order valence-corrected chi connectivity index (χ4v) is 4.46. The minimum absolute atomic E-state index is 0.361. The van der Waals surface area contributed by atoms with E-state index >= 15 is 0 Å². The monoisotopic (exact) mass is 401 g/mol. The van der Waals surface area contributed by atoms with Gasteiger partial charge < -0.3 is 19.6 Å². The van der Waals surface area contributed by atoms with E-state index in [9.17, 15) is 5.11 Å². The zero-order valence-electron chi connectivity index (χ0n) is 16.6. The van der Waals surface area contributed by atoms with Crippen molar-refractivity contribution in [2.24, 2.45) is 0 Å². The maximum atomic E-state index is 10.4. The van der Waals surface area contributed by atoms with Gasteiger partial charge in [-0.05, 0) is 67.1 Å². The number of rotatable bonds is 6. The van der Waals surface area contributed by atoms with Crippen molar-refractivity contribution < 1.29 is 14.7 Å². The van der Waals surface area contributed by atoms with Crippen molar-refractivity contribution in [2.45, 2.75) is 32.3 Å². The number of aliphatic hydroxyl groups excluding tert-OH is 1. The molecule has 0 unspecified atom stereocenters. The van der Waals surface area contributed by atoms with E-state index in [-0.39, 0.29) is 0 Å². The van der Waals surface area contributed by atoms with Gasteiger partial charge >= 0.3 is 0 Å². The molecule has 1 aliphatic carbocycles. The Morgan fingerprint density at radius 1 is 1.11 bits per heavy atom. The fourth-order valence-electron chi connectivity index (χ4n) is 4.29. The molecule has 1 atom stereocenters. The number of aryl methyl sites for hydroxylation is 3. The minimum Gasteiger partial charge on any atom is -0.491 e. The molecule has 4 nitrogen and oxygen atoms in total. The molecule has 28 heavy (non-hydrogen) atoms. The summed E-state index contributed by atoms with van der Waals surface area (Å²) in [5, 5.41) is 11.3. The number of ether oxygens (including phenoxy) is 1. The van der Waals surface area contributed by atoms with Gasteiger partial charge in [0.05, 0.1) is 26.2 Å². The predicted molar refractivity (Wildman–Crippen MR) is 114 cm³/mol.